The van der Waals surface area contributed by atoms with Crippen molar-refractivity contribution in [3.05, 3.63) is 29.3 Å². The molecule has 0 radical (unpaired) electrons. The van der Waals surface area contributed by atoms with E-state index in [4.69, 9.17) is 9.47 Å². The van der Waals surface area contributed by atoms with Crippen LogP contribution in [0.25, 0.3) is 0 Å². The molecule has 0 aliphatic carbocycles. The van der Waals surface area contributed by atoms with E-state index in [-0.39, 0.29) is 12.5 Å². The Labute approximate surface area is 144 Å². The molecule has 0 saturated carbocycles. The minimum atomic E-state index is -0.220. The summed E-state index contributed by atoms with van der Waals surface area (Å²) >= 11 is 1.08. The van der Waals surface area contributed by atoms with Gasteiger partial charge in [-0.2, -0.15) is 4.37 Å². The van der Waals surface area contributed by atoms with Crippen LogP contribution in [0.5, 0.6) is 5.88 Å². The monoisotopic (exact) mass is 348 g/mol. The van der Waals surface area contributed by atoms with Gasteiger partial charge in [0.2, 0.25) is 5.82 Å². The van der Waals surface area contributed by atoms with E-state index < -0.39 is 0 Å². The lowest BCUT2D eigenvalue weighted by Gasteiger charge is -2.26. The zero-order valence-corrected chi connectivity index (χ0v) is 14.6. The number of anilines is 2. The third-order valence-electron chi connectivity index (χ3n) is 3.75. The molecular formula is C16H20N4O3S. The van der Waals surface area contributed by atoms with Crippen molar-refractivity contribution in [3.63, 3.8) is 0 Å². The van der Waals surface area contributed by atoms with Crippen LogP contribution in [0, 0.1) is 13.8 Å². The third kappa shape index (κ3) is 4.01. The molecule has 1 aliphatic heterocycles. The number of rotatable bonds is 5. The number of aromatic nitrogens is 2. The Balaban J connectivity index is 1.57. The number of nitrogens with zero attached hydrogens (tertiary/aromatic N) is 3. The Bertz CT molecular complexity index is 713. The van der Waals surface area contributed by atoms with Gasteiger partial charge in [-0.05, 0) is 25.5 Å². The normalized spacial score (nSPS) is 14.5. The number of morpholine rings is 1. The molecule has 1 amide bonds. The summed E-state index contributed by atoms with van der Waals surface area (Å²) in [6.07, 6.45) is 0. The fourth-order valence-corrected chi connectivity index (χ4v) is 3.03. The molecule has 0 spiro atoms. The molecule has 1 N–H and O–H groups in total. The Kier molecular flexibility index (Phi) is 5.27. The van der Waals surface area contributed by atoms with Crippen LogP contribution < -0.4 is 15.0 Å². The highest BCUT2D eigenvalue weighted by atomic mass is 32.1. The van der Waals surface area contributed by atoms with E-state index >= 15 is 0 Å². The molecule has 1 aromatic carbocycles. The number of carbonyl (C=O) groups excluding carboxylic acids is 1. The van der Waals surface area contributed by atoms with Gasteiger partial charge in [-0.25, -0.2) is 0 Å². The summed E-state index contributed by atoms with van der Waals surface area (Å²) in [6.45, 7) is 6.69. The number of aryl methyl sites for hydroxylation is 2. The average Bonchev–Trinajstić information content (AvgIpc) is 3.05. The Morgan fingerprint density at radius 2 is 2.12 bits per heavy atom. The zero-order chi connectivity index (χ0) is 16.9. The van der Waals surface area contributed by atoms with Crippen molar-refractivity contribution in [2.24, 2.45) is 0 Å². The van der Waals surface area contributed by atoms with E-state index in [0.29, 0.717) is 24.9 Å². The maximum absolute atomic E-state index is 12.1. The maximum Gasteiger partial charge on any atom is 0.271 e. The lowest BCUT2D eigenvalue weighted by molar-refractivity contribution is -0.118. The van der Waals surface area contributed by atoms with Crippen LogP contribution in [-0.4, -0.2) is 47.6 Å². The summed E-state index contributed by atoms with van der Waals surface area (Å²) < 4.78 is 19.3. The number of hydrogen-bond acceptors (Lipinski definition) is 7. The number of ether oxygens (including phenoxy) is 2. The molecular weight excluding hydrogens is 328 g/mol. The minimum Gasteiger partial charge on any atom is -0.464 e. The van der Waals surface area contributed by atoms with Gasteiger partial charge in [0.15, 0.2) is 6.61 Å². The first-order chi connectivity index (χ1) is 11.6. The fourth-order valence-electron chi connectivity index (χ4n) is 2.51. The predicted octanol–water partition coefficient (Wildman–Crippen LogP) is 2.01. The molecule has 8 heteroatoms. The number of carbonyl (C=O) groups is 1. The van der Waals surface area contributed by atoms with Gasteiger partial charge in [0.05, 0.1) is 24.9 Å². The van der Waals surface area contributed by atoms with Crippen LogP contribution in [0.3, 0.4) is 0 Å². The smallest absolute Gasteiger partial charge is 0.271 e. The standard InChI is InChI=1S/C16H20N4O3S/c1-11-3-4-13(12(2)9-11)17-14(21)10-23-16-15(18-24-19-16)20-5-7-22-8-6-20/h3-4,9H,5-8,10H2,1-2H3,(H,17,21). The molecule has 1 aliphatic rings. The lowest BCUT2D eigenvalue weighted by Crippen LogP contribution is -2.36. The largest absolute Gasteiger partial charge is 0.464 e. The summed E-state index contributed by atoms with van der Waals surface area (Å²) in [5, 5.41) is 2.86. The van der Waals surface area contributed by atoms with Crippen molar-refractivity contribution >= 4 is 29.1 Å². The van der Waals surface area contributed by atoms with Crippen molar-refractivity contribution in [3.8, 4) is 5.88 Å². The van der Waals surface area contributed by atoms with Crippen LogP contribution in [0.15, 0.2) is 18.2 Å². The molecule has 1 saturated heterocycles. The third-order valence-corrected chi connectivity index (χ3v) is 4.25. The van der Waals surface area contributed by atoms with Gasteiger partial charge in [0.25, 0.3) is 11.8 Å². The lowest BCUT2D eigenvalue weighted by atomic mass is 10.1. The van der Waals surface area contributed by atoms with Crippen LogP contribution in [0.2, 0.25) is 0 Å². The highest BCUT2D eigenvalue weighted by molar-refractivity contribution is 6.99. The molecule has 1 aromatic heterocycles. The van der Waals surface area contributed by atoms with Crippen molar-refractivity contribution in [1.82, 2.24) is 8.75 Å². The van der Waals surface area contributed by atoms with Crippen LogP contribution >= 0.6 is 11.7 Å². The van der Waals surface area contributed by atoms with Crippen molar-refractivity contribution in [2.45, 2.75) is 13.8 Å². The van der Waals surface area contributed by atoms with E-state index in [9.17, 15) is 4.79 Å². The fraction of sp³-hybridized carbons (Fsp3) is 0.438. The van der Waals surface area contributed by atoms with Gasteiger partial charge >= 0.3 is 0 Å². The van der Waals surface area contributed by atoms with Gasteiger partial charge in [-0.15, -0.1) is 4.37 Å². The SMILES string of the molecule is Cc1ccc(NC(=O)COc2nsnc2N2CCOCC2)c(C)c1. The van der Waals surface area contributed by atoms with Crippen LogP contribution in [-0.2, 0) is 9.53 Å². The van der Waals surface area contributed by atoms with E-state index in [0.717, 1.165) is 41.6 Å². The molecule has 0 atom stereocenters. The Morgan fingerprint density at radius 1 is 1.33 bits per heavy atom. The van der Waals surface area contributed by atoms with Crippen LogP contribution in [0.4, 0.5) is 11.5 Å². The van der Waals surface area contributed by atoms with Gasteiger partial charge in [-0.1, -0.05) is 17.7 Å². The number of nitrogens with one attached hydrogen (secondary N) is 1. The van der Waals surface area contributed by atoms with Crippen molar-refractivity contribution in [1.29, 1.82) is 0 Å². The summed E-state index contributed by atoms with van der Waals surface area (Å²) in [4.78, 5) is 14.2. The molecule has 2 aromatic rings. The van der Waals surface area contributed by atoms with Gasteiger partial charge in [0, 0.05) is 18.8 Å². The zero-order valence-electron chi connectivity index (χ0n) is 13.7. The highest BCUT2D eigenvalue weighted by Crippen LogP contribution is 2.26. The minimum absolute atomic E-state index is 0.101. The maximum atomic E-state index is 12.1. The first kappa shape index (κ1) is 16.7. The van der Waals surface area contributed by atoms with E-state index in [1.54, 1.807) is 0 Å². The predicted molar refractivity (Wildman–Crippen MR) is 93.0 cm³/mol. The average molecular weight is 348 g/mol. The van der Waals surface area contributed by atoms with Crippen molar-refractivity contribution in [2.75, 3.05) is 43.1 Å². The van der Waals surface area contributed by atoms with Crippen LogP contribution in [0.1, 0.15) is 11.1 Å². The highest BCUT2D eigenvalue weighted by Gasteiger charge is 2.20. The number of amides is 1. The molecule has 0 bridgehead atoms. The van der Waals surface area contributed by atoms with Crippen molar-refractivity contribution < 1.29 is 14.3 Å². The topological polar surface area (TPSA) is 76.6 Å². The first-order valence-electron chi connectivity index (χ1n) is 7.78. The first-order valence-corrected chi connectivity index (χ1v) is 8.51. The second kappa shape index (κ2) is 7.59. The van der Waals surface area contributed by atoms with Gasteiger partial charge in [-0.3, -0.25) is 4.79 Å². The molecule has 2 heterocycles. The second-order valence-corrected chi connectivity index (χ2v) is 6.18. The Morgan fingerprint density at radius 3 is 2.88 bits per heavy atom. The molecule has 3 rings (SSSR count). The summed E-state index contributed by atoms with van der Waals surface area (Å²) in [5.74, 6) is 0.864. The second-order valence-electron chi connectivity index (χ2n) is 5.65. The van der Waals surface area contributed by atoms with Gasteiger partial charge in [0.1, 0.15) is 0 Å². The quantitative estimate of drug-likeness (QED) is 0.891. The van der Waals surface area contributed by atoms with E-state index in [2.05, 4.69) is 19.0 Å². The molecule has 24 heavy (non-hydrogen) atoms. The summed E-state index contributed by atoms with van der Waals surface area (Å²) in [5.41, 5.74) is 2.97. The number of benzene rings is 1. The van der Waals surface area contributed by atoms with E-state index in [1.807, 2.05) is 32.0 Å². The number of hydrogen-bond donors (Lipinski definition) is 1. The molecule has 128 valence electrons. The Hall–Kier alpha value is -2.19. The summed E-state index contributed by atoms with van der Waals surface area (Å²) in [7, 11) is 0. The summed E-state index contributed by atoms with van der Waals surface area (Å²) in [6, 6.07) is 5.88. The molecule has 0 unspecified atom stereocenters. The molecule has 1 fully saturated rings. The van der Waals surface area contributed by atoms with Gasteiger partial charge < -0.3 is 19.7 Å². The van der Waals surface area contributed by atoms with E-state index in [1.165, 1.54) is 0 Å². The molecule has 7 nitrogen and oxygen atoms in total.